The van der Waals surface area contributed by atoms with Crippen LogP contribution in [-0.2, 0) is 171 Å². The quantitative estimate of drug-likeness (QED) is 0.0647. The molecule has 101 heavy (non-hydrogen) atoms. The van der Waals surface area contributed by atoms with Gasteiger partial charge < -0.3 is 56.5 Å². The van der Waals surface area contributed by atoms with Gasteiger partial charge in [0, 0.05) is 226 Å². The number of ketones is 1. The first-order chi connectivity index (χ1) is 43.6. The number of nitrogens with zero attached hydrogens (tertiary/aromatic N) is 7. The number of likely N-dealkylation sites (N-methyl/N-ethyl adjacent to an activating group) is 4. The molecular formula is C69H119Cl2N9O10S7Y4-2. The van der Waals surface area contributed by atoms with Crippen LogP contribution in [-0.4, -0.2) is 176 Å². The maximum Gasteiger partial charge on any atom is 0.304 e. The van der Waals surface area contributed by atoms with Crippen LogP contribution < -0.4 is 11.7 Å². The van der Waals surface area contributed by atoms with Gasteiger partial charge in [-0.2, -0.15) is 11.8 Å². The molecule has 0 aromatic heterocycles. The second kappa shape index (κ2) is 58.3. The van der Waals surface area contributed by atoms with Crippen LogP contribution in [0.25, 0.3) is 21.6 Å². The van der Waals surface area contributed by atoms with E-state index in [9.17, 15) is 38.7 Å². The molecule has 5 aliphatic rings. The zero-order chi connectivity index (χ0) is 76.5. The minimum absolute atomic E-state index is 0. The van der Waals surface area contributed by atoms with Gasteiger partial charge in [0.15, 0.2) is 5.76 Å². The van der Waals surface area contributed by atoms with Crippen LogP contribution in [0.2, 0.25) is 0 Å². The van der Waals surface area contributed by atoms with Crippen LogP contribution in [0.4, 0.5) is 5.69 Å². The molecule has 0 unspecified atom stereocenters. The average Bonchev–Trinajstić information content (AvgIpc) is 1.66. The molecule has 0 bridgehead atoms. The first kappa shape index (κ1) is 120. The van der Waals surface area contributed by atoms with E-state index in [1.165, 1.54) is 46.8 Å². The molecule has 32 heteroatoms. The van der Waals surface area contributed by atoms with E-state index in [0.717, 1.165) is 62.3 Å². The van der Waals surface area contributed by atoms with Gasteiger partial charge in [-0.1, -0.05) is 201 Å². The molecule has 0 aliphatic carbocycles. The van der Waals surface area contributed by atoms with E-state index in [1.807, 2.05) is 110 Å². The first-order valence-corrected chi connectivity index (χ1v) is 38.7. The Labute approximate surface area is 748 Å². The number of Topliss-reactive ketones (excluding diaryl/α,β-unsaturated/α-hetero) is 1. The van der Waals surface area contributed by atoms with E-state index >= 15 is 0 Å². The number of aromatic nitrogens is 1. The van der Waals surface area contributed by atoms with Crippen LogP contribution >= 0.6 is 103 Å². The van der Waals surface area contributed by atoms with Crippen molar-refractivity contribution in [1.29, 1.82) is 0 Å². The molecule has 0 atom stereocenters. The molecule has 570 valence electrons. The van der Waals surface area contributed by atoms with Gasteiger partial charge in [-0.15, -0.1) is 54.1 Å². The number of amides is 3. The summed E-state index contributed by atoms with van der Waals surface area (Å²) in [5.74, 6) is 0.699. The zero-order valence-electron chi connectivity index (χ0n) is 66.4. The van der Waals surface area contributed by atoms with Crippen molar-refractivity contribution in [3.63, 3.8) is 0 Å². The SMILES string of the molecule is C/C=C1/C(SC(C)(C)C)=C(N(C)C)C(=O)N1C.C/C=C1/C(SC(C)(C)C)=C(O)C(=O)N1C.C/C=C1/C(SC(C)(C)C)=C([NH-])C(=O)N1C.C=C(CC)CSC(C)(C)C.CC(=O)O.CCC(=O)CSC(C)(C)C.CCN(CC)CC.C[N-]c1c2sscc-2n(C)c1=O.N.O=C(Cl)C(=O)Cl.[Y].[Y].[Y].[Y]. The Bertz CT molecular complexity index is 2990. The fourth-order valence-electron chi connectivity index (χ4n) is 7.18. The van der Waals surface area contributed by atoms with Crippen molar-refractivity contribution in [2.75, 3.05) is 73.4 Å². The van der Waals surface area contributed by atoms with Crippen molar-refractivity contribution >= 4 is 148 Å². The van der Waals surface area contributed by atoms with Crippen LogP contribution in [0.15, 0.2) is 89.5 Å². The molecule has 0 spiro atoms. The van der Waals surface area contributed by atoms with Crippen LogP contribution in [0.3, 0.4) is 0 Å². The monoisotopic (exact) mass is 1880 g/mol. The number of carboxylic acid groups (broad SMARTS) is 1. The normalized spacial score (nSPS) is 14.5. The third kappa shape index (κ3) is 50.0. The number of hydrogen-bond acceptors (Lipinski definition) is 19. The van der Waals surface area contributed by atoms with E-state index in [2.05, 4.69) is 151 Å². The van der Waals surface area contributed by atoms with Gasteiger partial charge in [0.1, 0.15) is 11.5 Å². The van der Waals surface area contributed by atoms with Crippen molar-refractivity contribution in [1.82, 2.24) is 35.2 Å². The predicted octanol–water partition coefficient (Wildman–Crippen LogP) is 18.8. The third-order valence-electron chi connectivity index (χ3n) is 12.1. The topological polar surface area (TPSA) is 271 Å². The second-order valence-corrected chi connectivity index (χ2v) is 38.0. The van der Waals surface area contributed by atoms with Gasteiger partial charge in [0.05, 0.1) is 43.2 Å². The average molecular weight is 1890 g/mol. The van der Waals surface area contributed by atoms with Gasteiger partial charge in [-0.05, 0) is 70.0 Å². The van der Waals surface area contributed by atoms with Crippen LogP contribution in [0.1, 0.15) is 179 Å². The number of carbonyl (C=O) groups excluding carboxylic acids is 6. The molecule has 5 heterocycles. The number of nitrogens with one attached hydrogen (secondary N) is 1. The van der Waals surface area contributed by atoms with Crippen molar-refractivity contribution in [2.24, 2.45) is 7.05 Å². The van der Waals surface area contributed by atoms with E-state index in [4.69, 9.17) is 15.6 Å². The molecule has 0 saturated carbocycles. The smallest absolute Gasteiger partial charge is 0.304 e. The van der Waals surface area contributed by atoms with Gasteiger partial charge >= 0.3 is 10.5 Å². The summed E-state index contributed by atoms with van der Waals surface area (Å²) >= 11 is 17.5. The molecule has 3 amide bonds. The standard InChI is InChI=1S/C13H22N2OS.C11H17N2OS.C11H17NO2S.C9H18S.C8H16OS.C7H7N2OS2.C6H15N.C2Cl2O2.C2H4O2.H3N.4Y/c1-8-9-11(17-13(2,3)4)10(14(5)6)12(16)15(9)7;1-6-7-9(15-11(2,3)4)8(12)10(14)13(7)5;1-6-7-9(15-11(2,3)4)8(13)10(14)12(7)5;1-6-8(2)7-10-9(3,4)5;1-5-7(9)6-10-8(2,3)4;1-8-5-6-4(3-11-12-6)9(2)7(5)10;1-4-7(5-2)6-3;3-1(5)2(4)6;1-2(3)4;;;;;/h8H,1-7H3;6,12H,1-5H3;6,13H,1-5H3;2,6-7H2,1,3-5H3;5-6H2,1-4H3;3H,1-2H3;4-6H2,1-3H3;;1H3,(H,3,4);1H3;;;;/q;-1;;;;-1;;;;;;;;/b9-8-;2*7-6-;;;;;;;;;;;. The molecule has 19 nitrogen and oxygen atoms in total. The molecular weight excluding hydrogens is 1770 g/mol. The van der Waals surface area contributed by atoms with E-state index in [0.29, 0.717) is 33.3 Å². The molecule has 5 aliphatic heterocycles. The van der Waals surface area contributed by atoms with Crippen molar-refractivity contribution in [2.45, 2.75) is 203 Å². The summed E-state index contributed by atoms with van der Waals surface area (Å²) in [7, 11) is 15.7. The predicted molar refractivity (Wildman–Crippen MR) is 429 cm³/mol. The fraction of sp³-hybridized carbons (Fsp3) is 0.623. The Hall–Kier alpha value is 0.326. The number of rotatable bonds is 15. The van der Waals surface area contributed by atoms with Gasteiger partial charge in [-0.25, -0.2) is 0 Å². The summed E-state index contributed by atoms with van der Waals surface area (Å²) in [5.41, 5.74) is 14.3. The molecule has 0 fully saturated rings. The Kier molecular flexibility index (Phi) is 69.0. The van der Waals surface area contributed by atoms with Crippen molar-refractivity contribution < 1.29 is 175 Å². The largest absolute Gasteiger partial charge is 0.693 e. The first-order valence-electron chi connectivity index (χ1n) is 31.3. The van der Waals surface area contributed by atoms with Gasteiger partial charge in [0.25, 0.3) is 17.8 Å². The number of aliphatic hydroxyl groups excluding tert-OH is 1. The van der Waals surface area contributed by atoms with E-state index in [1.54, 1.807) is 93.6 Å². The Morgan fingerprint density at radius 1 is 0.614 bits per heavy atom. The number of carboxylic acids is 1. The number of halogens is 2. The summed E-state index contributed by atoms with van der Waals surface area (Å²) in [6.45, 7) is 56.9. The summed E-state index contributed by atoms with van der Waals surface area (Å²) in [5, 5.41) is 20.8. The van der Waals surface area contributed by atoms with E-state index < -0.39 is 16.5 Å². The molecule has 0 aromatic rings. The molecule has 4 radical (unpaired) electrons. The van der Waals surface area contributed by atoms with Gasteiger partial charge in [0.2, 0.25) is 11.5 Å². The molecule has 6 N–H and O–H groups in total. The van der Waals surface area contributed by atoms with E-state index in [-0.39, 0.29) is 191 Å². The number of carbonyl (C=O) groups is 7. The maximum absolute atomic E-state index is 12.2. The molecule has 0 aromatic carbocycles. The summed E-state index contributed by atoms with van der Waals surface area (Å²) in [4.78, 5) is 98.0. The summed E-state index contributed by atoms with van der Waals surface area (Å²) < 4.78 is 2.34. The Morgan fingerprint density at radius 2 is 0.960 bits per heavy atom. The maximum atomic E-state index is 12.2. The number of allylic oxidation sites excluding steroid dienone is 3. The van der Waals surface area contributed by atoms with Crippen LogP contribution in [0, 0.1) is 0 Å². The van der Waals surface area contributed by atoms with Crippen molar-refractivity contribution in [3.8, 4) is 10.6 Å². The molecule has 0 saturated heterocycles. The number of aliphatic hydroxyl groups is 1. The van der Waals surface area contributed by atoms with Gasteiger partial charge in [-0.3, -0.25) is 38.4 Å². The summed E-state index contributed by atoms with van der Waals surface area (Å²) in [6, 6.07) is 0. The zero-order valence-corrected chi connectivity index (χ0v) is 85.0. The number of aliphatic carboxylic acids is 1. The minimum Gasteiger partial charge on any atom is -0.693 e. The Balaban J connectivity index is -0.000000137. The molecule has 5 rings (SSSR count). The fourth-order valence-corrected chi connectivity index (χ4v) is 14.8. The minimum atomic E-state index is -1.14. The summed E-state index contributed by atoms with van der Waals surface area (Å²) in [6.07, 6.45) is 7.51. The van der Waals surface area contributed by atoms with Crippen molar-refractivity contribution in [3.05, 3.63) is 106 Å². The number of fused-ring (bicyclic) bond motifs is 1. The number of hydrogen-bond donors (Lipinski definition) is 3. The Morgan fingerprint density at radius 3 is 1.28 bits per heavy atom. The number of thioether (sulfide) groups is 5. The third-order valence-corrected chi connectivity index (χ3v) is 21.0. The second-order valence-electron chi connectivity index (χ2n) is 26.1. The van der Waals surface area contributed by atoms with Crippen LogP contribution in [0.5, 0.6) is 0 Å².